The van der Waals surface area contributed by atoms with E-state index in [9.17, 15) is 5.11 Å². The van der Waals surface area contributed by atoms with E-state index in [2.05, 4.69) is 29.6 Å². The smallest absolute Gasteiger partial charge is 0.120 e. The molecule has 0 bridgehead atoms. The lowest BCUT2D eigenvalue weighted by molar-refractivity contribution is 0.106. The molecule has 0 amide bonds. The van der Waals surface area contributed by atoms with Gasteiger partial charge < -0.3 is 15.2 Å². The second-order valence-corrected chi connectivity index (χ2v) is 5.59. The molecule has 0 aliphatic rings. The van der Waals surface area contributed by atoms with Crippen LogP contribution >= 0.6 is 12.4 Å². The minimum absolute atomic E-state index is 0. The van der Waals surface area contributed by atoms with Gasteiger partial charge in [0.2, 0.25) is 0 Å². The Hall–Kier alpha value is -2.07. The number of nitrogens with one attached hydrogen (secondary N) is 1. The van der Waals surface area contributed by atoms with Crippen LogP contribution in [0.15, 0.2) is 72.8 Å². The minimum Gasteiger partial charge on any atom is -0.491 e. The molecule has 0 fully saturated rings. The molecule has 126 valence electrons. The number of halogens is 1. The first kappa shape index (κ1) is 18.3. The summed E-state index contributed by atoms with van der Waals surface area (Å²) in [7, 11) is 0. The lowest BCUT2D eigenvalue weighted by atomic mass is 10.1. The van der Waals surface area contributed by atoms with E-state index in [-0.39, 0.29) is 19.0 Å². The molecule has 2 N–H and O–H groups in total. The van der Waals surface area contributed by atoms with Crippen LogP contribution in [0, 0.1) is 0 Å². The van der Waals surface area contributed by atoms with Crippen LogP contribution in [-0.4, -0.2) is 24.4 Å². The molecular formula is C20H22ClNO2. The van der Waals surface area contributed by atoms with Crippen molar-refractivity contribution in [2.75, 3.05) is 13.2 Å². The number of aliphatic hydroxyl groups is 1. The van der Waals surface area contributed by atoms with E-state index < -0.39 is 6.10 Å². The topological polar surface area (TPSA) is 41.5 Å². The van der Waals surface area contributed by atoms with E-state index >= 15 is 0 Å². The van der Waals surface area contributed by atoms with Gasteiger partial charge in [0.25, 0.3) is 0 Å². The lowest BCUT2D eigenvalue weighted by Crippen LogP contribution is -2.31. The summed E-state index contributed by atoms with van der Waals surface area (Å²) >= 11 is 0. The Morgan fingerprint density at radius 2 is 1.58 bits per heavy atom. The number of hydrogen-bond acceptors (Lipinski definition) is 3. The fourth-order valence-electron chi connectivity index (χ4n) is 2.49. The molecule has 0 saturated heterocycles. The van der Waals surface area contributed by atoms with Crippen molar-refractivity contribution < 1.29 is 9.84 Å². The van der Waals surface area contributed by atoms with Crippen molar-refractivity contribution in [1.82, 2.24) is 5.32 Å². The van der Waals surface area contributed by atoms with Gasteiger partial charge in [-0.15, -0.1) is 12.4 Å². The van der Waals surface area contributed by atoms with E-state index in [4.69, 9.17) is 4.74 Å². The van der Waals surface area contributed by atoms with Gasteiger partial charge in [-0.3, -0.25) is 0 Å². The van der Waals surface area contributed by atoms with Gasteiger partial charge >= 0.3 is 0 Å². The normalized spacial score (nSPS) is 11.7. The molecule has 0 radical (unpaired) electrons. The third kappa shape index (κ3) is 5.24. The van der Waals surface area contributed by atoms with Crippen LogP contribution in [0.5, 0.6) is 5.75 Å². The van der Waals surface area contributed by atoms with Crippen molar-refractivity contribution >= 4 is 23.2 Å². The molecule has 0 spiro atoms. The molecule has 1 unspecified atom stereocenters. The number of benzene rings is 3. The summed E-state index contributed by atoms with van der Waals surface area (Å²) in [5, 5.41) is 15.6. The molecule has 0 heterocycles. The van der Waals surface area contributed by atoms with E-state index in [1.54, 1.807) is 0 Å². The molecular weight excluding hydrogens is 322 g/mol. The highest BCUT2D eigenvalue weighted by Gasteiger charge is 2.05. The fourth-order valence-corrected chi connectivity index (χ4v) is 2.49. The van der Waals surface area contributed by atoms with Gasteiger partial charge in [-0.05, 0) is 28.5 Å². The molecule has 3 rings (SSSR count). The zero-order valence-corrected chi connectivity index (χ0v) is 14.2. The first-order valence-corrected chi connectivity index (χ1v) is 7.85. The Bertz CT molecular complexity index is 749. The summed E-state index contributed by atoms with van der Waals surface area (Å²) in [4.78, 5) is 0. The molecule has 0 aliphatic heterocycles. The van der Waals surface area contributed by atoms with Gasteiger partial charge in [0.05, 0.1) is 0 Å². The molecule has 3 aromatic carbocycles. The molecule has 3 nitrogen and oxygen atoms in total. The third-order valence-corrected chi connectivity index (χ3v) is 3.72. The van der Waals surface area contributed by atoms with E-state index in [1.807, 2.05) is 48.5 Å². The van der Waals surface area contributed by atoms with Crippen LogP contribution in [0.4, 0.5) is 0 Å². The standard InChI is InChI=1S/C20H21NO2.ClH/c22-19(14-21-13-16-6-2-1-3-7-16)15-23-20-11-10-17-8-4-5-9-18(17)12-20;/h1-12,19,21-22H,13-15H2;1H. The Morgan fingerprint density at radius 3 is 2.38 bits per heavy atom. The maximum atomic E-state index is 10.0. The lowest BCUT2D eigenvalue weighted by Gasteiger charge is -2.13. The number of fused-ring (bicyclic) bond motifs is 1. The maximum Gasteiger partial charge on any atom is 0.120 e. The predicted molar refractivity (Wildman–Crippen MR) is 101 cm³/mol. The molecule has 4 heteroatoms. The van der Waals surface area contributed by atoms with Crippen LogP contribution in [0.1, 0.15) is 5.56 Å². The minimum atomic E-state index is -0.537. The molecule has 24 heavy (non-hydrogen) atoms. The third-order valence-electron chi connectivity index (χ3n) is 3.72. The van der Waals surface area contributed by atoms with Crippen LogP contribution in [0.3, 0.4) is 0 Å². The monoisotopic (exact) mass is 343 g/mol. The number of aliphatic hydroxyl groups excluding tert-OH is 1. The second kappa shape index (κ2) is 9.28. The fraction of sp³-hybridized carbons (Fsp3) is 0.200. The average molecular weight is 344 g/mol. The number of ether oxygens (including phenoxy) is 1. The van der Waals surface area contributed by atoms with Gasteiger partial charge in [-0.1, -0.05) is 60.7 Å². The SMILES string of the molecule is Cl.OC(CNCc1ccccc1)COc1ccc2ccccc2c1. The van der Waals surface area contributed by atoms with Crippen LogP contribution in [0.25, 0.3) is 10.8 Å². The quantitative estimate of drug-likeness (QED) is 0.685. The molecule has 0 saturated carbocycles. The van der Waals surface area contributed by atoms with Crippen LogP contribution in [-0.2, 0) is 6.54 Å². The summed E-state index contributed by atoms with van der Waals surface area (Å²) in [5.74, 6) is 0.783. The van der Waals surface area contributed by atoms with Crippen LogP contribution < -0.4 is 10.1 Å². The summed E-state index contributed by atoms with van der Waals surface area (Å²) in [6.45, 7) is 1.52. The molecule has 3 aromatic rings. The largest absolute Gasteiger partial charge is 0.491 e. The Labute approximate surface area is 148 Å². The predicted octanol–water partition coefficient (Wildman–Crippen LogP) is 3.79. The van der Waals surface area contributed by atoms with Gasteiger partial charge in [0.15, 0.2) is 0 Å². The molecule has 0 aliphatic carbocycles. The average Bonchev–Trinajstić information content (AvgIpc) is 2.61. The van der Waals surface area contributed by atoms with Gasteiger partial charge in [0.1, 0.15) is 18.5 Å². The highest BCUT2D eigenvalue weighted by atomic mass is 35.5. The van der Waals surface area contributed by atoms with Crippen molar-refractivity contribution in [2.24, 2.45) is 0 Å². The molecule has 1 atom stereocenters. The zero-order chi connectivity index (χ0) is 15.9. The maximum absolute atomic E-state index is 10.0. The Morgan fingerprint density at radius 1 is 0.875 bits per heavy atom. The highest BCUT2D eigenvalue weighted by Crippen LogP contribution is 2.20. The van der Waals surface area contributed by atoms with Gasteiger partial charge in [-0.2, -0.15) is 0 Å². The van der Waals surface area contributed by atoms with Crippen molar-refractivity contribution in [3.05, 3.63) is 78.4 Å². The summed E-state index contributed by atoms with van der Waals surface area (Å²) in [6.07, 6.45) is -0.537. The van der Waals surface area contributed by atoms with E-state index in [0.29, 0.717) is 6.54 Å². The number of hydrogen-bond donors (Lipinski definition) is 2. The summed E-state index contributed by atoms with van der Waals surface area (Å²) in [5.41, 5.74) is 1.20. The van der Waals surface area contributed by atoms with Crippen molar-refractivity contribution in [3.63, 3.8) is 0 Å². The Kier molecular flexibility index (Phi) is 7.07. The zero-order valence-electron chi connectivity index (χ0n) is 13.4. The van der Waals surface area contributed by atoms with Crippen LogP contribution in [0.2, 0.25) is 0 Å². The van der Waals surface area contributed by atoms with E-state index in [1.165, 1.54) is 10.9 Å². The Balaban J connectivity index is 0.00000208. The van der Waals surface area contributed by atoms with Crippen molar-refractivity contribution in [2.45, 2.75) is 12.6 Å². The summed E-state index contributed by atoms with van der Waals surface area (Å²) in [6, 6.07) is 24.3. The van der Waals surface area contributed by atoms with Gasteiger partial charge in [-0.25, -0.2) is 0 Å². The second-order valence-electron chi connectivity index (χ2n) is 5.59. The highest BCUT2D eigenvalue weighted by molar-refractivity contribution is 5.85. The summed E-state index contributed by atoms with van der Waals surface area (Å²) < 4.78 is 5.69. The van der Waals surface area contributed by atoms with Gasteiger partial charge in [0, 0.05) is 13.1 Å². The van der Waals surface area contributed by atoms with Crippen molar-refractivity contribution in [1.29, 1.82) is 0 Å². The van der Waals surface area contributed by atoms with E-state index in [0.717, 1.165) is 17.7 Å². The molecule has 0 aromatic heterocycles. The number of rotatable bonds is 7. The first-order valence-electron chi connectivity index (χ1n) is 7.85. The first-order chi connectivity index (χ1) is 11.3. The van der Waals surface area contributed by atoms with Crippen molar-refractivity contribution in [3.8, 4) is 5.75 Å².